The van der Waals surface area contributed by atoms with Crippen molar-refractivity contribution in [3.8, 4) is 0 Å². The molecule has 7 nitrogen and oxygen atoms in total. The van der Waals surface area contributed by atoms with Gasteiger partial charge in [0.2, 0.25) is 5.91 Å². The molecule has 0 aromatic heterocycles. The van der Waals surface area contributed by atoms with Crippen molar-refractivity contribution in [3.63, 3.8) is 0 Å². The Kier molecular flexibility index (Phi) is 5.26. The molecule has 4 heterocycles. The standard InChI is InChI=1S/C19H29N3O4S/c1-10-15-14(11(2)23)18(24)22(15)16(19(25)26)17(10)27-13-8-21(9-13)7-12-3-5-20-6-4-12/h10-15,20,23H,3-9H2,1-2H3,(H,25,26)/t10-,11?,14-,15-/m1/s1. The van der Waals surface area contributed by atoms with Crippen molar-refractivity contribution >= 4 is 23.6 Å². The second kappa shape index (κ2) is 7.39. The Morgan fingerprint density at radius 2 is 2.00 bits per heavy atom. The van der Waals surface area contributed by atoms with Crippen LogP contribution in [-0.4, -0.2) is 82.0 Å². The zero-order valence-corrected chi connectivity index (χ0v) is 16.7. The molecule has 4 rings (SSSR count). The summed E-state index contributed by atoms with van der Waals surface area (Å²) in [4.78, 5) is 28.9. The minimum Gasteiger partial charge on any atom is -0.477 e. The molecule has 0 aromatic rings. The highest BCUT2D eigenvalue weighted by atomic mass is 32.2. The van der Waals surface area contributed by atoms with Crippen LogP contribution in [0.1, 0.15) is 26.7 Å². The van der Waals surface area contributed by atoms with Crippen LogP contribution in [0.2, 0.25) is 0 Å². The van der Waals surface area contributed by atoms with Gasteiger partial charge in [-0.1, -0.05) is 6.92 Å². The summed E-state index contributed by atoms with van der Waals surface area (Å²) in [5, 5.41) is 23.4. The molecule has 8 heteroatoms. The molecule has 0 radical (unpaired) electrons. The third kappa shape index (κ3) is 3.30. The average molecular weight is 396 g/mol. The number of aliphatic hydroxyl groups is 1. The SMILES string of the molecule is CC(O)[C@H]1C(=O)N2C(C(=O)O)=C(SC3CN(CC4CCNCC4)C3)[C@H](C)[C@H]12. The highest BCUT2D eigenvalue weighted by Crippen LogP contribution is 2.51. The van der Waals surface area contributed by atoms with Crippen molar-refractivity contribution in [1.29, 1.82) is 0 Å². The first-order chi connectivity index (χ1) is 12.9. The minimum absolute atomic E-state index is 0.0307. The smallest absolute Gasteiger partial charge is 0.353 e. The largest absolute Gasteiger partial charge is 0.477 e. The number of β-lactam (4-membered cyclic amide) rings is 1. The van der Waals surface area contributed by atoms with Crippen molar-refractivity contribution < 1.29 is 19.8 Å². The summed E-state index contributed by atoms with van der Waals surface area (Å²) in [6.45, 7) is 8.92. The summed E-state index contributed by atoms with van der Waals surface area (Å²) in [6.07, 6.45) is 1.72. The number of nitrogens with one attached hydrogen (secondary N) is 1. The molecule has 1 amide bonds. The van der Waals surface area contributed by atoms with E-state index in [0.29, 0.717) is 5.25 Å². The molecule has 0 aromatic carbocycles. The second-order valence-electron chi connectivity index (χ2n) is 8.42. The van der Waals surface area contributed by atoms with Crippen LogP contribution >= 0.6 is 11.8 Å². The molecule has 3 N–H and O–H groups in total. The highest BCUT2D eigenvalue weighted by Gasteiger charge is 2.60. The van der Waals surface area contributed by atoms with Gasteiger partial charge in [0, 0.05) is 35.7 Å². The number of nitrogens with zero attached hydrogens (tertiary/aromatic N) is 2. The molecule has 3 saturated heterocycles. The van der Waals surface area contributed by atoms with Crippen molar-refractivity contribution in [2.75, 3.05) is 32.7 Å². The van der Waals surface area contributed by atoms with Crippen molar-refractivity contribution in [2.45, 2.75) is 44.1 Å². The molecule has 27 heavy (non-hydrogen) atoms. The van der Waals surface area contributed by atoms with E-state index in [1.54, 1.807) is 18.7 Å². The van der Waals surface area contributed by atoms with Gasteiger partial charge in [0.05, 0.1) is 18.1 Å². The van der Waals surface area contributed by atoms with Crippen LogP contribution in [0.4, 0.5) is 0 Å². The summed E-state index contributed by atoms with van der Waals surface area (Å²) in [7, 11) is 0. The van der Waals surface area contributed by atoms with E-state index >= 15 is 0 Å². The number of carbonyl (C=O) groups is 2. The van der Waals surface area contributed by atoms with E-state index in [1.807, 2.05) is 6.92 Å². The summed E-state index contributed by atoms with van der Waals surface area (Å²) >= 11 is 1.64. The first kappa shape index (κ1) is 19.2. The number of carboxylic acids is 1. The number of piperidine rings is 1. The number of rotatable bonds is 6. The third-order valence-electron chi connectivity index (χ3n) is 6.50. The third-order valence-corrected chi connectivity index (χ3v) is 7.95. The Morgan fingerprint density at radius 1 is 1.33 bits per heavy atom. The van der Waals surface area contributed by atoms with Crippen LogP contribution in [-0.2, 0) is 9.59 Å². The van der Waals surface area contributed by atoms with Gasteiger partial charge in [0.15, 0.2) is 0 Å². The molecular weight excluding hydrogens is 366 g/mol. The maximum Gasteiger partial charge on any atom is 0.353 e. The van der Waals surface area contributed by atoms with Gasteiger partial charge in [-0.05, 0) is 38.8 Å². The molecule has 0 saturated carbocycles. The number of hydrogen-bond acceptors (Lipinski definition) is 6. The van der Waals surface area contributed by atoms with Gasteiger partial charge in [0.1, 0.15) is 5.70 Å². The molecule has 3 fully saturated rings. The maximum atomic E-state index is 12.4. The summed E-state index contributed by atoms with van der Waals surface area (Å²) in [6, 6.07) is -0.211. The molecule has 4 aliphatic rings. The Bertz CT molecular complexity index is 655. The Labute approximate surface area is 164 Å². The predicted molar refractivity (Wildman–Crippen MR) is 103 cm³/mol. The topological polar surface area (TPSA) is 93.1 Å². The van der Waals surface area contributed by atoms with Crippen LogP contribution < -0.4 is 5.32 Å². The summed E-state index contributed by atoms with van der Waals surface area (Å²) in [5.41, 5.74) is 0.149. The molecule has 1 unspecified atom stereocenters. The van der Waals surface area contributed by atoms with Gasteiger partial charge in [-0.3, -0.25) is 4.79 Å². The van der Waals surface area contributed by atoms with E-state index in [1.165, 1.54) is 17.7 Å². The number of aliphatic hydroxyl groups excluding tert-OH is 1. The van der Waals surface area contributed by atoms with Crippen molar-refractivity contribution in [3.05, 3.63) is 10.6 Å². The maximum absolute atomic E-state index is 12.4. The number of carbonyl (C=O) groups excluding carboxylic acids is 1. The van der Waals surface area contributed by atoms with Gasteiger partial charge in [-0.2, -0.15) is 0 Å². The average Bonchev–Trinajstić information content (AvgIpc) is 2.83. The lowest BCUT2D eigenvalue weighted by molar-refractivity contribution is -0.163. The number of thioether (sulfide) groups is 1. The quantitative estimate of drug-likeness (QED) is 0.566. The van der Waals surface area contributed by atoms with E-state index in [0.717, 1.165) is 43.5 Å². The number of fused-ring (bicyclic) bond motifs is 1. The first-order valence-corrected chi connectivity index (χ1v) is 10.8. The number of amides is 1. The normalized spacial score (nSPS) is 33.7. The van der Waals surface area contributed by atoms with E-state index in [9.17, 15) is 19.8 Å². The fraction of sp³-hybridized carbons (Fsp3) is 0.789. The van der Waals surface area contributed by atoms with Gasteiger partial charge in [0.25, 0.3) is 0 Å². The van der Waals surface area contributed by atoms with Crippen LogP contribution in [0.25, 0.3) is 0 Å². The van der Waals surface area contributed by atoms with E-state index < -0.39 is 18.0 Å². The number of likely N-dealkylation sites (tertiary alicyclic amines) is 1. The molecule has 4 atom stereocenters. The van der Waals surface area contributed by atoms with Gasteiger partial charge in [-0.25, -0.2) is 4.79 Å². The molecular formula is C19H29N3O4S. The monoisotopic (exact) mass is 395 g/mol. The Hall–Kier alpha value is -1.09. The number of aliphatic carboxylic acids is 1. The fourth-order valence-corrected chi connectivity index (χ4v) is 6.61. The van der Waals surface area contributed by atoms with Crippen molar-refractivity contribution in [1.82, 2.24) is 15.1 Å². The second-order valence-corrected chi connectivity index (χ2v) is 9.77. The van der Waals surface area contributed by atoms with Gasteiger partial charge >= 0.3 is 5.97 Å². The van der Waals surface area contributed by atoms with Crippen LogP contribution in [0, 0.1) is 17.8 Å². The summed E-state index contributed by atoms with van der Waals surface area (Å²) < 4.78 is 0. The molecule has 0 bridgehead atoms. The molecule has 0 spiro atoms. The predicted octanol–water partition coefficient (Wildman–Crippen LogP) is 0.557. The van der Waals surface area contributed by atoms with Gasteiger partial charge in [-0.15, -0.1) is 11.8 Å². The minimum atomic E-state index is -1.03. The lowest BCUT2D eigenvalue weighted by atomic mass is 9.79. The lowest BCUT2D eigenvalue weighted by Crippen LogP contribution is -2.63. The molecule has 4 aliphatic heterocycles. The zero-order valence-electron chi connectivity index (χ0n) is 15.9. The molecule has 0 aliphatic carbocycles. The zero-order chi connectivity index (χ0) is 19.3. The number of carboxylic acid groups (broad SMARTS) is 1. The fourth-order valence-electron chi connectivity index (χ4n) is 5.03. The molecule has 150 valence electrons. The van der Waals surface area contributed by atoms with E-state index in [2.05, 4.69) is 10.2 Å². The Balaban J connectivity index is 1.38. The van der Waals surface area contributed by atoms with E-state index in [-0.39, 0.29) is 23.6 Å². The number of hydrogen-bond donors (Lipinski definition) is 3. The van der Waals surface area contributed by atoms with Crippen LogP contribution in [0.5, 0.6) is 0 Å². The first-order valence-electron chi connectivity index (χ1n) is 9.96. The van der Waals surface area contributed by atoms with Crippen molar-refractivity contribution in [2.24, 2.45) is 17.8 Å². The van der Waals surface area contributed by atoms with E-state index in [4.69, 9.17) is 0 Å². The van der Waals surface area contributed by atoms with Gasteiger partial charge < -0.3 is 25.3 Å². The Morgan fingerprint density at radius 3 is 2.59 bits per heavy atom. The lowest BCUT2D eigenvalue weighted by Gasteiger charge is -2.46. The van der Waals surface area contributed by atoms with Crippen LogP contribution in [0.15, 0.2) is 10.6 Å². The highest BCUT2D eigenvalue weighted by molar-refractivity contribution is 8.03. The van der Waals surface area contributed by atoms with Crippen LogP contribution in [0.3, 0.4) is 0 Å². The summed E-state index contributed by atoms with van der Waals surface area (Å²) in [5.74, 6) is -1.03.